The van der Waals surface area contributed by atoms with E-state index < -0.39 is 16.6 Å². The first-order valence-electron chi connectivity index (χ1n) is 14.8. The zero-order chi connectivity index (χ0) is 30.2. The van der Waals surface area contributed by atoms with E-state index in [0.717, 1.165) is 26.2 Å². The Morgan fingerprint density at radius 1 is 0.333 bits per heavy atom. The molecular formula is C36H48N4Si2. The molecule has 6 heteroatoms. The molecule has 2 radical (unpaired) electrons. The van der Waals surface area contributed by atoms with Gasteiger partial charge in [-0.15, -0.1) is 0 Å². The Hall–Kier alpha value is -2.85. The second-order valence-electron chi connectivity index (χ2n) is 12.3. The molecule has 0 unspecified atom stereocenters. The molecule has 0 saturated carbocycles. The van der Waals surface area contributed by atoms with Gasteiger partial charge in [-0.25, -0.2) is 0 Å². The normalized spacial score (nSPS) is 12.0. The predicted molar refractivity (Wildman–Crippen MR) is 185 cm³/mol. The van der Waals surface area contributed by atoms with Crippen LogP contribution in [0.15, 0.2) is 97.1 Å². The van der Waals surface area contributed by atoms with E-state index in [-0.39, 0.29) is 0 Å². The minimum atomic E-state index is -1.30. The van der Waals surface area contributed by atoms with Crippen molar-refractivity contribution in [3.63, 3.8) is 0 Å². The van der Waals surface area contributed by atoms with Gasteiger partial charge in [0.15, 0.2) is 0 Å². The standard InChI is InChI=1S/C36H48N4Si2/c1-37(2)25-29-17-9-13-21-33(29)41(34-22-14-10-18-30(34)26-38(3)4)42(35-23-15-11-19-31(35)27-39(5)6)36-24-16-12-20-32(36)28-40(7)8/h9-24H,25-28H2,1-8H3. The maximum absolute atomic E-state index is 2.45. The van der Waals surface area contributed by atoms with Crippen LogP contribution in [0.5, 0.6) is 0 Å². The Morgan fingerprint density at radius 3 is 0.714 bits per heavy atom. The summed E-state index contributed by atoms with van der Waals surface area (Å²) < 4.78 is 0. The number of benzene rings is 4. The van der Waals surface area contributed by atoms with E-state index in [1.165, 1.54) is 22.3 Å². The molecule has 0 aliphatic heterocycles. The van der Waals surface area contributed by atoms with Crippen molar-refractivity contribution >= 4 is 37.4 Å². The van der Waals surface area contributed by atoms with Gasteiger partial charge in [-0.2, -0.15) is 0 Å². The maximum atomic E-state index is 2.45. The van der Waals surface area contributed by atoms with Gasteiger partial charge in [-0.1, -0.05) is 118 Å². The van der Waals surface area contributed by atoms with E-state index >= 15 is 0 Å². The third kappa shape index (κ3) is 8.16. The van der Waals surface area contributed by atoms with E-state index in [1.807, 2.05) is 0 Å². The molecule has 42 heavy (non-hydrogen) atoms. The lowest BCUT2D eigenvalue weighted by Crippen LogP contribution is -2.68. The minimum Gasteiger partial charge on any atom is -0.305 e. The fourth-order valence-corrected chi connectivity index (χ4v) is 16.6. The van der Waals surface area contributed by atoms with Crippen molar-refractivity contribution in [2.75, 3.05) is 56.4 Å². The number of hydrogen-bond acceptors (Lipinski definition) is 4. The van der Waals surface area contributed by atoms with Crippen molar-refractivity contribution in [3.8, 4) is 0 Å². The second-order valence-corrected chi connectivity index (χ2v) is 19.0. The first-order valence-corrected chi connectivity index (χ1v) is 18.8. The molecular weight excluding hydrogens is 545 g/mol. The average molecular weight is 593 g/mol. The maximum Gasteiger partial charge on any atom is 0.122 e. The fraction of sp³-hybridized carbons (Fsp3) is 0.333. The van der Waals surface area contributed by atoms with Gasteiger partial charge in [0.05, 0.1) is 0 Å². The van der Waals surface area contributed by atoms with Crippen molar-refractivity contribution < 1.29 is 0 Å². The van der Waals surface area contributed by atoms with E-state index in [9.17, 15) is 0 Å². The van der Waals surface area contributed by atoms with Crippen molar-refractivity contribution in [2.24, 2.45) is 0 Å². The fourth-order valence-electron chi connectivity index (χ4n) is 5.80. The molecule has 0 heterocycles. The molecule has 0 bridgehead atoms. The summed E-state index contributed by atoms with van der Waals surface area (Å²) >= 11 is 0. The van der Waals surface area contributed by atoms with E-state index in [2.05, 4.69) is 173 Å². The Labute approximate surface area is 258 Å². The molecule has 4 aromatic rings. The smallest absolute Gasteiger partial charge is 0.122 e. The second kappa shape index (κ2) is 15.1. The molecule has 0 atom stereocenters. The highest BCUT2D eigenvalue weighted by molar-refractivity contribution is 7.42. The lowest BCUT2D eigenvalue weighted by Gasteiger charge is -2.33. The summed E-state index contributed by atoms with van der Waals surface area (Å²) in [7, 11) is 14.9. The van der Waals surface area contributed by atoms with Crippen molar-refractivity contribution in [2.45, 2.75) is 26.2 Å². The summed E-state index contributed by atoms with van der Waals surface area (Å²) in [4.78, 5) is 9.26. The summed E-state index contributed by atoms with van der Waals surface area (Å²) in [6.45, 7) is 3.75. The summed E-state index contributed by atoms with van der Waals surface area (Å²) in [5, 5.41) is 6.21. The molecule has 220 valence electrons. The molecule has 0 aliphatic rings. The van der Waals surface area contributed by atoms with Crippen LogP contribution in [0.1, 0.15) is 22.3 Å². The van der Waals surface area contributed by atoms with Gasteiger partial charge in [0.1, 0.15) is 16.6 Å². The lowest BCUT2D eigenvalue weighted by atomic mass is 10.2. The average Bonchev–Trinajstić information content (AvgIpc) is 2.93. The van der Waals surface area contributed by atoms with Gasteiger partial charge in [-0.05, 0) is 78.6 Å². The van der Waals surface area contributed by atoms with Crippen LogP contribution in [0.2, 0.25) is 0 Å². The lowest BCUT2D eigenvalue weighted by molar-refractivity contribution is 0.403. The number of rotatable bonds is 13. The topological polar surface area (TPSA) is 13.0 Å². The third-order valence-corrected chi connectivity index (χ3v) is 16.7. The van der Waals surface area contributed by atoms with Crippen LogP contribution in [0, 0.1) is 0 Å². The summed E-state index contributed by atoms with van der Waals surface area (Å²) in [5.74, 6) is 0. The molecule has 0 aromatic heterocycles. The van der Waals surface area contributed by atoms with Crippen LogP contribution in [0.4, 0.5) is 0 Å². The van der Waals surface area contributed by atoms with Crippen molar-refractivity contribution in [1.82, 2.24) is 19.6 Å². The first kappa shape index (κ1) is 32.1. The van der Waals surface area contributed by atoms with Crippen LogP contribution >= 0.6 is 0 Å². The molecule has 0 saturated heterocycles. The van der Waals surface area contributed by atoms with Crippen LogP contribution < -0.4 is 20.7 Å². The summed E-state index contributed by atoms with van der Waals surface area (Å²) in [5.41, 5.74) is 5.81. The molecule has 0 aliphatic carbocycles. The Morgan fingerprint density at radius 2 is 0.524 bits per heavy atom. The zero-order valence-corrected chi connectivity index (χ0v) is 28.9. The highest BCUT2D eigenvalue weighted by Gasteiger charge is 2.37. The number of nitrogens with zero attached hydrogens (tertiary/aromatic N) is 4. The van der Waals surface area contributed by atoms with Crippen LogP contribution in [0.3, 0.4) is 0 Å². The zero-order valence-electron chi connectivity index (χ0n) is 26.9. The Bertz CT molecular complexity index is 1220. The molecule has 0 N–H and O–H groups in total. The van der Waals surface area contributed by atoms with Crippen LogP contribution in [0.25, 0.3) is 0 Å². The van der Waals surface area contributed by atoms with Gasteiger partial charge in [0, 0.05) is 26.2 Å². The van der Waals surface area contributed by atoms with E-state index in [1.54, 1.807) is 20.7 Å². The SMILES string of the molecule is CN(C)Cc1ccccc1[Si](c1ccccc1CN(C)C)[Si](c1ccccc1CN(C)C)c1ccccc1CN(C)C. The molecule has 4 nitrogen and oxygen atoms in total. The van der Waals surface area contributed by atoms with Crippen molar-refractivity contribution in [3.05, 3.63) is 119 Å². The summed E-state index contributed by atoms with van der Waals surface area (Å²) in [6.07, 6.45) is 0. The highest BCUT2D eigenvalue weighted by Crippen LogP contribution is 2.14. The van der Waals surface area contributed by atoms with Crippen molar-refractivity contribution in [1.29, 1.82) is 0 Å². The van der Waals surface area contributed by atoms with Gasteiger partial charge in [-0.3, -0.25) is 0 Å². The largest absolute Gasteiger partial charge is 0.305 e. The molecule has 0 fully saturated rings. The predicted octanol–water partition coefficient (Wildman–Crippen LogP) is 2.93. The van der Waals surface area contributed by atoms with E-state index in [4.69, 9.17) is 0 Å². The Balaban J connectivity index is 2.12. The summed E-state index contributed by atoms with van der Waals surface area (Å²) in [6, 6.07) is 37.2. The monoisotopic (exact) mass is 592 g/mol. The Kier molecular flexibility index (Phi) is 11.5. The highest BCUT2D eigenvalue weighted by atomic mass is 29.2. The third-order valence-electron chi connectivity index (χ3n) is 7.34. The van der Waals surface area contributed by atoms with E-state index in [0.29, 0.717) is 0 Å². The number of hydrogen-bond donors (Lipinski definition) is 0. The van der Waals surface area contributed by atoms with Gasteiger partial charge >= 0.3 is 0 Å². The van der Waals surface area contributed by atoms with Gasteiger partial charge < -0.3 is 19.6 Å². The molecule has 0 amide bonds. The molecule has 4 rings (SSSR count). The first-order chi connectivity index (χ1) is 20.2. The van der Waals surface area contributed by atoms with Gasteiger partial charge in [0.2, 0.25) is 0 Å². The molecule has 4 aromatic carbocycles. The van der Waals surface area contributed by atoms with Gasteiger partial charge in [0.25, 0.3) is 0 Å². The quantitative estimate of drug-likeness (QED) is 0.222. The minimum absolute atomic E-state index is 0.939. The molecule has 0 spiro atoms. The van der Waals surface area contributed by atoms with Crippen LogP contribution in [-0.4, -0.2) is 92.6 Å². The van der Waals surface area contributed by atoms with Crippen LogP contribution in [-0.2, 0) is 26.2 Å².